The van der Waals surface area contributed by atoms with Crippen LogP contribution in [-0.4, -0.2) is 52.7 Å². The monoisotopic (exact) mass is 519 g/mol. The number of carboxylic acid groups (broad SMARTS) is 1. The predicted molar refractivity (Wildman–Crippen MR) is 138 cm³/mol. The van der Waals surface area contributed by atoms with Crippen LogP contribution in [0.5, 0.6) is 5.75 Å². The fourth-order valence-electron chi connectivity index (χ4n) is 3.60. The lowest BCUT2D eigenvalue weighted by Gasteiger charge is -2.23. The summed E-state index contributed by atoms with van der Waals surface area (Å²) in [5.41, 5.74) is 2.15. The van der Waals surface area contributed by atoms with Crippen molar-refractivity contribution in [2.75, 3.05) is 6.54 Å². The Morgan fingerprint density at radius 3 is 1.79 bits per heavy atom. The van der Waals surface area contributed by atoms with Crippen molar-refractivity contribution in [2.24, 2.45) is 0 Å². The van der Waals surface area contributed by atoms with Crippen molar-refractivity contribution in [3.8, 4) is 5.75 Å². The second-order valence-electron chi connectivity index (χ2n) is 8.49. The molecule has 10 nitrogen and oxygen atoms in total. The maximum absolute atomic E-state index is 13.3. The highest BCUT2D eigenvalue weighted by Crippen LogP contribution is 2.12. The summed E-state index contributed by atoms with van der Waals surface area (Å²) in [4.78, 5) is 49.6. The lowest BCUT2D eigenvalue weighted by atomic mass is 10.0. The van der Waals surface area contributed by atoms with Crippen LogP contribution in [0.15, 0.2) is 84.9 Å². The first kappa shape index (κ1) is 27.7. The smallest absolute Gasteiger partial charge is 0.408 e. The van der Waals surface area contributed by atoms with Gasteiger partial charge < -0.3 is 30.9 Å². The fourth-order valence-corrected chi connectivity index (χ4v) is 3.60. The Kier molecular flexibility index (Phi) is 10.2. The van der Waals surface area contributed by atoms with Crippen molar-refractivity contribution in [1.82, 2.24) is 16.0 Å². The van der Waals surface area contributed by atoms with Gasteiger partial charge in [-0.3, -0.25) is 14.4 Å². The first-order chi connectivity index (χ1) is 18.3. The molecular formula is C28H29N3O7. The minimum absolute atomic E-state index is 0.00551. The average molecular weight is 520 g/mol. The van der Waals surface area contributed by atoms with E-state index in [-0.39, 0.29) is 25.2 Å². The van der Waals surface area contributed by atoms with E-state index in [1.807, 2.05) is 6.07 Å². The summed E-state index contributed by atoms with van der Waals surface area (Å²) in [6, 6.07) is 21.8. The number of phenolic OH excluding ortho intramolecular Hbond substituents is 1. The summed E-state index contributed by atoms with van der Waals surface area (Å²) < 4.78 is 5.26. The van der Waals surface area contributed by atoms with E-state index in [4.69, 9.17) is 9.84 Å². The van der Waals surface area contributed by atoms with Crippen molar-refractivity contribution in [3.63, 3.8) is 0 Å². The van der Waals surface area contributed by atoms with Crippen LogP contribution in [0.25, 0.3) is 0 Å². The third kappa shape index (κ3) is 9.30. The highest BCUT2D eigenvalue weighted by Gasteiger charge is 2.28. The number of carboxylic acids is 1. The molecule has 0 saturated carbocycles. The highest BCUT2D eigenvalue weighted by atomic mass is 16.5. The summed E-state index contributed by atoms with van der Waals surface area (Å²) in [6.45, 7) is -0.616. The molecule has 0 radical (unpaired) electrons. The molecule has 3 amide bonds. The summed E-state index contributed by atoms with van der Waals surface area (Å²) in [7, 11) is 0. The van der Waals surface area contributed by atoms with E-state index >= 15 is 0 Å². The molecule has 0 aliphatic carbocycles. The van der Waals surface area contributed by atoms with Crippen LogP contribution < -0.4 is 16.0 Å². The average Bonchev–Trinajstić information content (AvgIpc) is 2.92. The normalized spacial score (nSPS) is 12.0. The number of carbonyl (C=O) groups excluding carboxylic acids is 3. The molecule has 10 heteroatoms. The first-order valence-electron chi connectivity index (χ1n) is 11.9. The molecule has 0 unspecified atom stereocenters. The van der Waals surface area contributed by atoms with Gasteiger partial charge in [-0.25, -0.2) is 4.79 Å². The maximum Gasteiger partial charge on any atom is 0.408 e. The van der Waals surface area contributed by atoms with Gasteiger partial charge in [0.1, 0.15) is 31.0 Å². The molecule has 0 bridgehead atoms. The van der Waals surface area contributed by atoms with Crippen LogP contribution in [-0.2, 0) is 38.6 Å². The molecule has 38 heavy (non-hydrogen) atoms. The number of alkyl carbamates (subject to hydrolysis) is 1. The van der Waals surface area contributed by atoms with Gasteiger partial charge in [0.25, 0.3) is 0 Å². The molecule has 5 N–H and O–H groups in total. The number of hydrogen-bond donors (Lipinski definition) is 5. The van der Waals surface area contributed by atoms with E-state index in [9.17, 15) is 24.3 Å². The molecule has 3 aromatic rings. The summed E-state index contributed by atoms with van der Waals surface area (Å²) in [6.07, 6.45) is -0.688. The minimum Gasteiger partial charge on any atom is -0.508 e. The van der Waals surface area contributed by atoms with Crippen LogP contribution >= 0.6 is 0 Å². The molecule has 2 atom stereocenters. The molecule has 198 valence electrons. The van der Waals surface area contributed by atoms with E-state index in [1.54, 1.807) is 66.7 Å². The Labute approximate surface area is 219 Å². The Bertz CT molecular complexity index is 1220. The lowest BCUT2D eigenvalue weighted by molar-refractivity contribution is -0.138. The number of hydrogen-bond acceptors (Lipinski definition) is 6. The van der Waals surface area contributed by atoms with Gasteiger partial charge in [0.2, 0.25) is 11.8 Å². The van der Waals surface area contributed by atoms with Gasteiger partial charge in [-0.15, -0.1) is 0 Å². The zero-order valence-electron chi connectivity index (χ0n) is 20.5. The molecule has 0 fully saturated rings. The molecular weight excluding hydrogens is 490 g/mol. The van der Waals surface area contributed by atoms with Gasteiger partial charge in [0, 0.05) is 12.8 Å². The van der Waals surface area contributed by atoms with Crippen LogP contribution in [0, 0.1) is 0 Å². The lowest BCUT2D eigenvalue weighted by Crippen LogP contribution is -2.55. The van der Waals surface area contributed by atoms with Crippen molar-refractivity contribution in [1.29, 1.82) is 0 Å². The number of ether oxygens (including phenoxy) is 1. The minimum atomic E-state index is -1.23. The second kappa shape index (κ2) is 14.0. The van der Waals surface area contributed by atoms with Crippen molar-refractivity contribution >= 4 is 23.9 Å². The molecule has 0 aliphatic rings. The Morgan fingerprint density at radius 1 is 0.684 bits per heavy atom. The zero-order chi connectivity index (χ0) is 27.3. The number of amides is 3. The summed E-state index contributed by atoms with van der Waals surface area (Å²) >= 11 is 0. The summed E-state index contributed by atoms with van der Waals surface area (Å²) in [5.74, 6) is -2.53. The van der Waals surface area contributed by atoms with E-state index in [1.165, 1.54) is 12.1 Å². The Balaban J connectivity index is 1.75. The van der Waals surface area contributed by atoms with Crippen molar-refractivity contribution in [3.05, 3.63) is 102 Å². The second-order valence-corrected chi connectivity index (χ2v) is 8.49. The van der Waals surface area contributed by atoms with Gasteiger partial charge in [-0.1, -0.05) is 72.8 Å². The number of carbonyl (C=O) groups is 4. The van der Waals surface area contributed by atoms with Gasteiger partial charge in [-0.05, 0) is 28.8 Å². The number of phenols is 1. The van der Waals surface area contributed by atoms with Crippen LogP contribution in [0.3, 0.4) is 0 Å². The molecule has 0 saturated heterocycles. The van der Waals surface area contributed by atoms with E-state index in [0.717, 1.165) is 11.1 Å². The standard InChI is InChI=1S/C28H29N3O7/c32-22-13-11-20(12-14-22)16-24(31-28(37)38-18-21-9-5-2-6-10-21)27(36)30-23(26(35)29-17-25(33)34)15-19-7-3-1-4-8-19/h1-14,23-24,32H,15-18H2,(H,29,35)(H,30,36)(H,31,37)(H,33,34)/t23-,24+/m0/s1. The van der Waals surface area contributed by atoms with Gasteiger partial charge in [0.05, 0.1) is 0 Å². The topological polar surface area (TPSA) is 154 Å². The number of aromatic hydroxyl groups is 1. The highest BCUT2D eigenvalue weighted by molar-refractivity contribution is 5.92. The van der Waals surface area contributed by atoms with E-state index in [0.29, 0.717) is 5.56 Å². The first-order valence-corrected chi connectivity index (χ1v) is 11.9. The quantitative estimate of drug-likeness (QED) is 0.246. The number of nitrogens with one attached hydrogen (secondary N) is 3. The number of rotatable bonds is 12. The zero-order valence-corrected chi connectivity index (χ0v) is 20.5. The van der Waals surface area contributed by atoms with E-state index < -0.39 is 42.5 Å². The predicted octanol–water partition coefficient (Wildman–Crippen LogP) is 2.16. The van der Waals surface area contributed by atoms with Crippen LogP contribution in [0.1, 0.15) is 16.7 Å². The summed E-state index contributed by atoms with van der Waals surface area (Å²) in [5, 5.41) is 26.0. The van der Waals surface area contributed by atoms with Gasteiger partial charge in [0.15, 0.2) is 0 Å². The Morgan fingerprint density at radius 2 is 1.21 bits per heavy atom. The van der Waals surface area contributed by atoms with Gasteiger partial charge in [-0.2, -0.15) is 0 Å². The van der Waals surface area contributed by atoms with E-state index in [2.05, 4.69) is 16.0 Å². The fraction of sp³-hybridized carbons (Fsp3) is 0.214. The third-order valence-electron chi connectivity index (χ3n) is 5.53. The van der Waals surface area contributed by atoms with Crippen LogP contribution in [0.2, 0.25) is 0 Å². The molecule has 0 heterocycles. The third-order valence-corrected chi connectivity index (χ3v) is 5.53. The molecule has 3 rings (SSSR count). The SMILES string of the molecule is O=C(O)CNC(=O)[C@H](Cc1ccccc1)NC(=O)[C@@H](Cc1ccc(O)cc1)NC(=O)OCc1ccccc1. The molecule has 0 spiro atoms. The van der Waals surface area contributed by atoms with Crippen molar-refractivity contribution < 1.29 is 34.1 Å². The number of aliphatic carboxylic acids is 1. The van der Waals surface area contributed by atoms with Crippen LogP contribution in [0.4, 0.5) is 4.79 Å². The largest absolute Gasteiger partial charge is 0.508 e. The number of benzene rings is 3. The van der Waals surface area contributed by atoms with Crippen molar-refractivity contribution in [2.45, 2.75) is 31.5 Å². The van der Waals surface area contributed by atoms with Gasteiger partial charge >= 0.3 is 12.1 Å². The Hall–Kier alpha value is -4.86. The molecule has 0 aromatic heterocycles. The maximum atomic E-state index is 13.3. The molecule has 0 aliphatic heterocycles. The molecule has 3 aromatic carbocycles.